The zero-order valence-corrected chi connectivity index (χ0v) is 11.3. The number of anilines is 1. The summed E-state index contributed by atoms with van der Waals surface area (Å²) in [7, 11) is 0. The lowest BCUT2D eigenvalue weighted by atomic mass is 9.97. The molecular formula is C13H21N5O. The Morgan fingerprint density at radius 3 is 2.74 bits per heavy atom. The number of nitrogens with two attached hydrogens (primary N) is 1. The van der Waals surface area contributed by atoms with Gasteiger partial charge in [0.25, 0.3) is 5.91 Å². The van der Waals surface area contributed by atoms with Crippen molar-refractivity contribution in [1.82, 2.24) is 20.2 Å². The Kier molecular flexibility index (Phi) is 4.68. The van der Waals surface area contributed by atoms with E-state index < -0.39 is 0 Å². The Bertz CT molecular complexity index is 412. The monoisotopic (exact) mass is 263 g/mol. The van der Waals surface area contributed by atoms with Gasteiger partial charge < -0.3 is 16.0 Å². The van der Waals surface area contributed by atoms with Crippen LogP contribution in [0.5, 0.6) is 0 Å². The zero-order chi connectivity index (χ0) is 13.7. The molecule has 104 valence electrons. The number of hydrogen-bond donors (Lipinski definition) is 2. The molecule has 3 N–H and O–H groups in total. The van der Waals surface area contributed by atoms with Gasteiger partial charge in [0, 0.05) is 6.54 Å². The lowest BCUT2D eigenvalue weighted by Crippen LogP contribution is -2.38. The molecule has 1 aliphatic rings. The Hall–Kier alpha value is -1.69. The fourth-order valence-electron chi connectivity index (χ4n) is 2.29. The average Bonchev–Trinajstić information content (AvgIpc) is 2.46. The molecule has 0 radical (unpaired) electrons. The fourth-order valence-corrected chi connectivity index (χ4v) is 2.29. The second-order valence-corrected chi connectivity index (χ2v) is 4.91. The van der Waals surface area contributed by atoms with Crippen LogP contribution in [0.2, 0.25) is 0 Å². The topological polar surface area (TPSA) is 84.1 Å². The first-order valence-electron chi connectivity index (χ1n) is 6.77. The summed E-state index contributed by atoms with van der Waals surface area (Å²) in [4.78, 5) is 22.1. The van der Waals surface area contributed by atoms with E-state index in [0.29, 0.717) is 24.0 Å². The number of likely N-dealkylation sites (tertiary alicyclic amines) is 1. The summed E-state index contributed by atoms with van der Waals surface area (Å²) in [6.45, 7) is 6.25. The van der Waals surface area contributed by atoms with Gasteiger partial charge in [-0.2, -0.15) is 0 Å². The lowest BCUT2D eigenvalue weighted by molar-refractivity contribution is 0.0931. The lowest BCUT2D eigenvalue weighted by Gasteiger charge is -2.30. The van der Waals surface area contributed by atoms with Gasteiger partial charge in [-0.1, -0.05) is 6.92 Å². The number of carbonyl (C=O) groups is 1. The third-order valence-electron chi connectivity index (χ3n) is 3.61. The molecule has 0 bridgehead atoms. The quantitative estimate of drug-likeness (QED) is 0.827. The van der Waals surface area contributed by atoms with E-state index in [1.54, 1.807) is 0 Å². The summed E-state index contributed by atoms with van der Waals surface area (Å²) < 4.78 is 0. The summed E-state index contributed by atoms with van der Waals surface area (Å²) in [5.74, 6) is 0.711. The van der Waals surface area contributed by atoms with Crippen molar-refractivity contribution in [2.45, 2.75) is 19.8 Å². The highest BCUT2D eigenvalue weighted by atomic mass is 16.1. The normalized spacial score (nSPS) is 17.3. The van der Waals surface area contributed by atoms with E-state index in [1.165, 1.54) is 12.4 Å². The molecule has 2 rings (SSSR count). The van der Waals surface area contributed by atoms with Gasteiger partial charge in [-0.25, -0.2) is 9.97 Å². The number of nitrogen functional groups attached to an aromatic ring is 1. The van der Waals surface area contributed by atoms with Crippen molar-refractivity contribution >= 4 is 11.7 Å². The van der Waals surface area contributed by atoms with Gasteiger partial charge in [-0.15, -0.1) is 0 Å². The van der Waals surface area contributed by atoms with Gasteiger partial charge in [0.15, 0.2) is 0 Å². The van der Waals surface area contributed by atoms with E-state index in [2.05, 4.69) is 27.1 Å². The van der Waals surface area contributed by atoms with Gasteiger partial charge in [-0.3, -0.25) is 4.79 Å². The summed E-state index contributed by atoms with van der Waals surface area (Å²) in [6.07, 6.45) is 5.09. The summed E-state index contributed by atoms with van der Waals surface area (Å²) >= 11 is 0. The van der Waals surface area contributed by atoms with E-state index in [9.17, 15) is 4.79 Å². The predicted molar refractivity (Wildman–Crippen MR) is 73.6 cm³/mol. The standard InChI is InChI=1S/C13H21N5O/c1-2-18-5-3-10(4-6-18)7-17-13(19)11-8-16-12(14)9-15-11/h8-10H,2-7H2,1H3,(H2,14,16)(H,17,19). The average molecular weight is 263 g/mol. The van der Waals surface area contributed by atoms with Crippen molar-refractivity contribution < 1.29 is 4.79 Å². The Labute approximate surface area is 113 Å². The first kappa shape index (κ1) is 13.7. The first-order valence-corrected chi connectivity index (χ1v) is 6.77. The van der Waals surface area contributed by atoms with E-state index in [1.807, 2.05) is 0 Å². The van der Waals surface area contributed by atoms with Crippen LogP contribution in [0.1, 0.15) is 30.3 Å². The number of hydrogen-bond acceptors (Lipinski definition) is 5. The SMILES string of the molecule is CCN1CCC(CNC(=O)c2cnc(N)cn2)CC1. The first-order chi connectivity index (χ1) is 9.19. The Morgan fingerprint density at radius 1 is 1.42 bits per heavy atom. The van der Waals surface area contributed by atoms with Crippen molar-refractivity contribution in [2.24, 2.45) is 5.92 Å². The number of nitrogens with zero attached hydrogens (tertiary/aromatic N) is 3. The zero-order valence-electron chi connectivity index (χ0n) is 11.3. The van der Waals surface area contributed by atoms with Crippen molar-refractivity contribution in [1.29, 1.82) is 0 Å². The van der Waals surface area contributed by atoms with Crippen LogP contribution < -0.4 is 11.1 Å². The molecular weight excluding hydrogens is 242 g/mol. The number of nitrogens with one attached hydrogen (secondary N) is 1. The van der Waals surface area contributed by atoms with Gasteiger partial charge in [0.2, 0.25) is 0 Å². The summed E-state index contributed by atoms with van der Waals surface area (Å²) in [5, 5.41) is 2.92. The molecule has 0 unspecified atom stereocenters. The van der Waals surface area contributed by atoms with Gasteiger partial charge in [-0.05, 0) is 38.4 Å². The highest BCUT2D eigenvalue weighted by Crippen LogP contribution is 2.15. The third kappa shape index (κ3) is 3.89. The molecule has 1 aromatic heterocycles. The van der Waals surface area contributed by atoms with Crippen molar-refractivity contribution in [3.8, 4) is 0 Å². The molecule has 0 spiro atoms. The maximum Gasteiger partial charge on any atom is 0.271 e. The van der Waals surface area contributed by atoms with Gasteiger partial charge >= 0.3 is 0 Å². The smallest absolute Gasteiger partial charge is 0.271 e. The molecule has 2 heterocycles. The largest absolute Gasteiger partial charge is 0.382 e. The molecule has 1 saturated heterocycles. The Morgan fingerprint density at radius 2 is 2.16 bits per heavy atom. The Balaban J connectivity index is 1.76. The van der Waals surface area contributed by atoms with Crippen molar-refractivity contribution in [3.05, 3.63) is 18.1 Å². The number of rotatable bonds is 4. The second kappa shape index (κ2) is 6.47. The maximum absolute atomic E-state index is 11.9. The molecule has 19 heavy (non-hydrogen) atoms. The van der Waals surface area contributed by atoms with E-state index in [0.717, 1.165) is 32.5 Å². The molecule has 0 aliphatic carbocycles. The number of piperidine rings is 1. The number of aromatic nitrogens is 2. The molecule has 0 aromatic carbocycles. The molecule has 1 amide bonds. The number of amides is 1. The van der Waals surface area contributed by atoms with Crippen LogP contribution in [0.25, 0.3) is 0 Å². The van der Waals surface area contributed by atoms with Gasteiger partial charge in [0.1, 0.15) is 11.5 Å². The minimum absolute atomic E-state index is 0.176. The van der Waals surface area contributed by atoms with Crippen LogP contribution in [0.3, 0.4) is 0 Å². The minimum atomic E-state index is -0.176. The maximum atomic E-state index is 11.9. The molecule has 6 nitrogen and oxygen atoms in total. The summed E-state index contributed by atoms with van der Waals surface area (Å²) in [5.41, 5.74) is 5.75. The molecule has 1 aliphatic heterocycles. The molecule has 0 atom stereocenters. The van der Waals surface area contributed by atoms with Crippen LogP contribution >= 0.6 is 0 Å². The van der Waals surface area contributed by atoms with Crippen LogP contribution in [-0.4, -0.2) is 47.0 Å². The minimum Gasteiger partial charge on any atom is -0.382 e. The highest BCUT2D eigenvalue weighted by Gasteiger charge is 2.19. The highest BCUT2D eigenvalue weighted by molar-refractivity contribution is 5.91. The molecule has 0 saturated carbocycles. The van der Waals surface area contributed by atoms with Gasteiger partial charge in [0.05, 0.1) is 12.4 Å². The van der Waals surface area contributed by atoms with E-state index in [-0.39, 0.29) is 5.91 Å². The van der Waals surface area contributed by atoms with Crippen LogP contribution in [-0.2, 0) is 0 Å². The van der Waals surface area contributed by atoms with Crippen LogP contribution in [0.15, 0.2) is 12.4 Å². The van der Waals surface area contributed by atoms with Crippen LogP contribution in [0.4, 0.5) is 5.82 Å². The summed E-state index contributed by atoms with van der Waals surface area (Å²) in [6, 6.07) is 0. The van der Waals surface area contributed by atoms with E-state index >= 15 is 0 Å². The third-order valence-corrected chi connectivity index (χ3v) is 3.61. The second-order valence-electron chi connectivity index (χ2n) is 4.91. The molecule has 1 aromatic rings. The van der Waals surface area contributed by atoms with Crippen LogP contribution in [0, 0.1) is 5.92 Å². The fraction of sp³-hybridized carbons (Fsp3) is 0.615. The van der Waals surface area contributed by atoms with Crippen molar-refractivity contribution in [3.63, 3.8) is 0 Å². The molecule has 6 heteroatoms. The molecule has 1 fully saturated rings. The van der Waals surface area contributed by atoms with Crippen molar-refractivity contribution in [2.75, 3.05) is 31.9 Å². The van der Waals surface area contributed by atoms with E-state index in [4.69, 9.17) is 5.73 Å². The predicted octanol–water partition coefficient (Wildman–Crippen LogP) is 0.521. The number of carbonyl (C=O) groups excluding carboxylic acids is 1.